The molecular formula is C15H20O2. The molecule has 1 unspecified atom stereocenters. The Morgan fingerprint density at radius 1 is 1.24 bits per heavy atom. The molecule has 0 saturated heterocycles. The predicted octanol–water partition coefficient (Wildman–Crippen LogP) is 3.70. The molecule has 2 heteroatoms. The zero-order valence-electron chi connectivity index (χ0n) is 10.8. The topological polar surface area (TPSA) is 18.5 Å². The molecule has 2 nitrogen and oxygen atoms in total. The molecule has 0 fully saturated rings. The van der Waals surface area contributed by atoms with Crippen LogP contribution in [0.1, 0.15) is 36.8 Å². The van der Waals surface area contributed by atoms with Crippen LogP contribution in [0.25, 0.3) is 0 Å². The molecule has 1 aromatic carbocycles. The molecule has 0 amide bonds. The highest BCUT2D eigenvalue weighted by Crippen LogP contribution is 2.41. The van der Waals surface area contributed by atoms with Crippen molar-refractivity contribution in [3.8, 4) is 11.5 Å². The number of methoxy groups -OCH3 is 2. The summed E-state index contributed by atoms with van der Waals surface area (Å²) < 4.78 is 10.8. The second-order valence-electron chi connectivity index (χ2n) is 4.43. The van der Waals surface area contributed by atoms with Crippen LogP contribution in [0.5, 0.6) is 11.5 Å². The summed E-state index contributed by atoms with van der Waals surface area (Å²) in [6, 6.07) is 4.13. The summed E-state index contributed by atoms with van der Waals surface area (Å²) >= 11 is 0. The second-order valence-corrected chi connectivity index (χ2v) is 4.43. The number of allylic oxidation sites excluding steroid dienone is 2. The number of fused-ring (bicyclic) bond motifs is 1. The van der Waals surface area contributed by atoms with Gasteiger partial charge >= 0.3 is 0 Å². The first kappa shape index (κ1) is 12.0. The van der Waals surface area contributed by atoms with Crippen LogP contribution in [0, 0.1) is 0 Å². The van der Waals surface area contributed by atoms with Gasteiger partial charge < -0.3 is 9.47 Å². The molecular weight excluding hydrogens is 212 g/mol. The molecule has 0 saturated carbocycles. The molecule has 1 aliphatic rings. The minimum Gasteiger partial charge on any atom is -0.497 e. The maximum absolute atomic E-state index is 5.52. The van der Waals surface area contributed by atoms with Crippen LogP contribution in [0.2, 0.25) is 0 Å². The van der Waals surface area contributed by atoms with E-state index in [2.05, 4.69) is 25.1 Å². The Labute approximate surface area is 103 Å². The Morgan fingerprint density at radius 2 is 2.06 bits per heavy atom. The number of benzene rings is 1. The maximum Gasteiger partial charge on any atom is 0.126 e. The summed E-state index contributed by atoms with van der Waals surface area (Å²) in [7, 11) is 3.43. The fraction of sp³-hybridized carbons (Fsp3) is 0.467. The summed E-state index contributed by atoms with van der Waals surface area (Å²) in [5.74, 6) is 2.34. The average molecular weight is 232 g/mol. The zero-order chi connectivity index (χ0) is 12.3. The molecule has 2 rings (SSSR count). The van der Waals surface area contributed by atoms with Crippen molar-refractivity contribution in [3.05, 3.63) is 35.4 Å². The van der Waals surface area contributed by atoms with E-state index >= 15 is 0 Å². The fourth-order valence-corrected chi connectivity index (χ4v) is 2.65. The molecule has 1 aromatic rings. The highest BCUT2D eigenvalue weighted by atomic mass is 16.5. The van der Waals surface area contributed by atoms with Gasteiger partial charge in [-0.1, -0.05) is 12.2 Å². The first-order valence-electron chi connectivity index (χ1n) is 6.17. The summed E-state index contributed by atoms with van der Waals surface area (Å²) in [6.45, 7) is 2.07. The van der Waals surface area contributed by atoms with E-state index in [1.165, 1.54) is 24.0 Å². The lowest BCUT2D eigenvalue weighted by molar-refractivity contribution is 0.385. The number of hydrogen-bond donors (Lipinski definition) is 0. The van der Waals surface area contributed by atoms with E-state index in [0.717, 1.165) is 17.9 Å². The summed E-state index contributed by atoms with van der Waals surface area (Å²) in [4.78, 5) is 0. The Morgan fingerprint density at radius 3 is 2.71 bits per heavy atom. The summed E-state index contributed by atoms with van der Waals surface area (Å²) in [6.07, 6.45) is 7.96. The molecule has 92 valence electrons. The molecule has 0 N–H and O–H groups in total. The lowest BCUT2D eigenvalue weighted by Crippen LogP contribution is -2.10. The molecule has 0 heterocycles. The van der Waals surface area contributed by atoms with Crippen molar-refractivity contribution in [2.75, 3.05) is 14.2 Å². The van der Waals surface area contributed by atoms with E-state index in [0.29, 0.717) is 5.92 Å². The maximum atomic E-state index is 5.52. The van der Waals surface area contributed by atoms with Gasteiger partial charge in [-0.05, 0) is 37.8 Å². The van der Waals surface area contributed by atoms with Crippen molar-refractivity contribution in [3.63, 3.8) is 0 Å². The normalized spacial score (nSPS) is 19.1. The van der Waals surface area contributed by atoms with Gasteiger partial charge in [0.2, 0.25) is 0 Å². The van der Waals surface area contributed by atoms with Crippen LogP contribution < -0.4 is 9.47 Å². The summed E-state index contributed by atoms with van der Waals surface area (Å²) in [5, 5.41) is 0. The first-order valence-corrected chi connectivity index (χ1v) is 6.17. The Hall–Kier alpha value is -1.44. The highest BCUT2D eigenvalue weighted by molar-refractivity contribution is 5.51. The monoisotopic (exact) mass is 232 g/mol. The minimum absolute atomic E-state index is 0.490. The largest absolute Gasteiger partial charge is 0.497 e. The van der Waals surface area contributed by atoms with Crippen LogP contribution in [-0.2, 0) is 6.42 Å². The van der Waals surface area contributed by atoms with Crippen LogP contribution in [-0.4, -0.2) is 14.2 Å². The molecule has 1 aliphatic carbocycles. The lowest BCUT2D eigenvalue weighted by Gasteiger charge is -2.26. The third-order valence-electron chi connectivity index (χ3n) is 3.41. The summed E-state index contributed by atoms with van der Waals surface area (Å²) in [5.41, 5.74) is 2.72. The van der Waals surface area contributed by atoms with Crippen LogP contribution in [0.15, 0.2) is 24.3 Å². The van der Waals surface area contributed by atoms with Gasteiger partial charge in [0.25, 0.3) is 0 Å². The molecule has 0 aliphatic heterocycles. The Bertz CT molecular complexity index is 404. The van der Waals surface area contributed by atoms with E-state index in [9.17, 15) is 0 Å². The molecule has 0 spiro atoms. The van der Waals surface area contributed by atoms with Crippen molar-refractivity contribution in [2.24, 2.45) is 0 Å². The van der Waals surface area contributed by atoms with E-state index in [1.807, 2.05) is 6.07 Å². The standard InChI is InChI=1S/C15H20O2/c1-4-6-11-7-5-8-12-9-13(16-2)10-14(17-3)15(11)12/h4,6,9-11H,5,7-8H2,1-3H3/b6-4+. The number of rotatable bonds is 3. The minimum atomic E-state index is 0.490. The quantitative estimate of drug-likeness (QED) is 0.740. The van der Waals surface area contributed by atoms with Gasteiger partial charge in [-0.3, -0.25) is 0 Å². The third kappa shape index (κ3) is 2.31. The van der Waals surface area contributed by atoms with Gasteiger partial charge in [-0.2, -0.15) is 0 Å². The molecule has 1 atom stereocenters. The SMILES string of the molecule is C/C=C/C1CCCc2cc(OC)cc(OC)c21. The smallest absolute Gasteiger partial charge is 0.126 e. The number of aryl methyl sites for hydroxylation is 1. The number of ether oxygens (including phenoxy) is 2. The van der Waals surface area contributed by atoms with E-state index in [1.54, 1.807) is 14.2 Å². The lowest BCUT2D eigenvalue weighted by atomic mass is 9.82. The molecule has 17 heavy (non-hydrogen) atoms. The van der Waals surface area contributed by atoms with Gasteiger partial charge in [-0.25, -0.2) is 0 Å². The second kappa shape index (κ2) is 5.26. The highest BCUT2D eigenvalue weighted by Gasteiger charge is 2.23. The van der Waals surface area contributed by atoms with Gasteiger partial charge in [0.15, 0.2) is 0 Å². The van der Waals surface area contributed by atoms with Crippen molar-refractivity contribution in [1.82, 2.24) is 0 Å². The van der Waals surface area contributed by atoms with Gasteiger partial charge in [0, 0.05) is 17.5 Å². The van der Waals surface area contributed by atoms with Gasteiger partial charge in [-0.15, -0.1) is 0 Å². The average Bonchev–Trinajstić information content (AvgIpc) is 2.38. The molecule has 0 radical (unpaired) electrons. The van der Waals surface area contributed by atoms with Gasteiger partial charge in [0.1, 0.15) is 11.5 Å². The van der Waals surface area contributed by atoms with Crippen molar-refractivity contribution in [1.29, 1.82) is 0 Å². The zero-order valence-corrected chi connectivity index (χ0v) is 10.8. The number of hydrogen-bond acceptors (Lipinski definition) is 2. The van der Waals surface area contributed by atoms with Crippen LogP contribution >= 0.6 is 0 Å². The van der Waals surface area contributed by atoms with Gasteiger partial charge in [0.05, 0.1) is 14.2 Å². The molecule has 0 bridgehead atoms. The Balaban J connectivity index is 2.51. The fourth-order valence-electron chi connectivity index (χ4n) is 2.65. The van der Waals surface area contributed by atoms with Crippen molar-refractivity contribution < 1.29 is 9.47 Å². The Kier molecular flexibility index (Phi) is 3.72. The van der Waals surface area contributed by atoms with Crippen LogP contribution in [0.3, 0.4) is 0 Å². The van der Waals surface area contributed by atoms with E-state index < -0.39 is 0 Å². The van der Waals surface area contributed by atoms with E-state index in [4.69, 9.17) is 9.47 Å². The van der Waals surface area contributed by atoms with Crippen molar-refractivity contribution >= 4 is 0 Å². The first-order chi connectivity index (χ1) is 8.30. The third-order valence-corrected chi connectivity index (χ3v) is 3.41. The molecule has 0 aromatic heterocycles. The predicted molar refractivity (Wildman–Crippen MR) is 70.0 cm³/mol. The van der Waals surface area contributed by atoms with Crippen LogP contribution in [0.4, 0.5) is 0 Å². The van der Waals surface area contributed by atoms with E-state index in [-0.39, 0.29) is 0 Å². The van der Waals surface area contributed by atoms with Crippen molar-refractivity contribution in [2.45, 2.75) is 32.1 Å².